The molecule has 3 rings (SSSR count). The molecule has 2 aromatic heterocycles. The van der Waals surface area contributed by atoms with Crippen molar-refractivity contribution in [1.82, 2.24) is 9.66 Å². The summed E-state index contributed by atoms with van der Waals surface area (Å²) in [6.45, 7) is 0. The highest BCUT2D eigenvalue weighted by molar-refractivity contribution is 5.99. The topological polar surface area (TPSA) is 70.7 Å². The Hall–Kier alpha value is -3.13. The van der Waals surface area contributed by atoms with Crippen LogP contribution in [0, 0.1) is 11.3 Å². The van der Waals surface area contributed by atoms with Crippen LogP contribution >= 0.6 is 0 Å². The van der Waals surface area contributed by atoms with Crippen LogP contribution in [0.3, 0.4) is 0 Å². The number of carbonyl (C=O) groups excluding carboxylic acids is 1. The smallest absolute Gasteiger partial charge is 0.266 e. The maximum Gasteiger partial charge on any atom is 0.288 e. The van der Waals surface area contributed by atoms with Crippen molar-refractivity contribution in [3.63, 3.8) is 0 Å². The van der Waals surface area contributed by atoms with E-state index in [1.54, 1.807) is 35.3 Å². The standard InChI is InChI=1S/C16H12N4O/c17-9-8-12-11-20(15-7-2-1-5-13(12)15)19-16(21)14-6-3-4-10-18-14/h1-7,10-11H,8H2,(H,19,21). The molecular formula is C16H12N4O. The molecule has 0 aliphatic rings. The maximum atomic E-state index is 12.2. The van der Waals surface area contributed by atoms with E-state index in [0.717, 1.165) is 16.5 Å². The van der Waals surface area contributed by atoms with Gasteiger partial charge < -0.3 is 0 Å². The molecular weight excluding hydrogens is 264 g/mol. The van der Waals surface area contributed by atoms with Crippen molar-refractivity contribution in [2.75, 3.05) is 5.43 Å². The first-order valence-electron chi connectivity index (χ1n) is 6.48. The van der Waals surface area contributed by atoms with Gasteiger partial charge in [-0.15, -0.1) is 0 Å². The molecule has 5 nitrogen and oxygen atoms in total. The molecule has 1 aromatic carbocycles. The van der Waals surface area contributed by atoms with Gasteiger partial charge in [0.2, 0.25) is 0 Å². The fourth-order valence-electron chi connectivity index (χ4n) is 2.23. The summed E-state index contributed by atoms with van der Waals surface area (Å²) in [6, 6.07) is 14.9. The van der Waals surface area contributed by atoms with Gasteiger partial charge in [0.25, 0.3) is 5.91 Å². The van der Waals surface area contributed by atoms with Gasteiger partial charge in [-0.2, -0.15) is 5.26 Å². The lowest BCUT2D eigenvalue weighted by Gasteiger charge is -2.07. The zero-order valence-electron chi connectivity index (χ0n) is 11.2. The molecule has 0 atom stereocenters. The minimum atomic E-state index is -0.292. The summed E-state index contributed by atoms with van der Waals surface area (Å²) in [4.78, 5) is 16.2. The number of fused-ring (bicyclic) bond motifs is 1. The van der Waals surface area contributed by atoms with E-state index in [1.807, 2.05) is 24.3 Å². The molecule has 1 N–H and O–H groups in total. The second kappa shape index (κ2) is 5.47. The third-order valence-corrected chi connectivity index (χ3v) is 3.18. The highest BCUT2D eigenvalue weighted by Crippen LogP contribution is 2.20. The molecule has 0 radical (unpaired) electrons. The van der Waals surface area contributed by atoms with Crippen LogP contribution in [0.15, 0.2) is 54.9 Å². The summed E-state index contributed by atoms with van der Waals surface area (Å²) in [5, 5.41) is 9.85. The van der Waals surface area contributed by atoms with Gasteiger partial charge in [0.1, 0.15) is 5.69 Å². The number of nitrogens with zero attached hydrogens (tertiary/aromatic N) is 3. The molecule has 0 saturated carbocycles. The number of hydrogen-bond acceptors (Lipinski definition) is 3. The van der Waals surface area contributed by atoms with Crippen molar-refractivity contribution < 1.29 is 4.79 Å². The number of hydrogen-bond donors (Lipinski definition) is 1. The summed E-state index contributed by atoms with van der Waals surface area (Å²) < 4.78 is 1.64. The molecule has 21 heavy (non-hydrogen) atoms. The Bertz CT molecular complexity index is 830. The number of aromatic nitrogens is 2. The van der Waals surface area contributed by atoms with Gasteiger partial charge >= 0.3 is 0 Å². The van der Waals surface area contributed by atoms with Crippen LogP contribution < -0.4 is 5.43 Å². The Morgan fingerprint density at radius 1 is 1.24 bits per heavy atom. The fraction of sp³-hybridized carbons (Fsp3) is 0.0625. The van der Waals surface area contributed by atoms with Gasteiger partial charge in [-0.05, 0) is 23.8 Å². The second-order valence-electron chi connectivity index (χ2n) is 4.53. The van der Waals surface area contributed by atoms with Crippen LogP contribution in [-0.2, 0) is 6.42 Å². The number of para-hydroxylation sites is 1. The lowest BCUT2D eigenvalue weighted by atomic mass is 10.1. The summed E-state index contributed by atoms with van der Waals surface area (Å²) in [5.74, 6) is -0.292. The Balaban J connectivity index is 1.98. The van der Waals surface area contributed by atoms with Crippen molar-refractivity contribution in [2.45, 2.75) is 6.42 Å². The molecule has 0 saturated heterocycles. The molecule has 1 amide bonds. The van der Waals surface area contributed by atoms with Crippen LogP contribution in [0.2, 0.25) is 0 Å². The number of amides is 1. The molecule has 0 spiro atoms. The number of nitrogens with one attached hydrogen (secondary N) is 1. The zero-order valence-corrected chi connectivity index (χ0v) is 11.2. The van der Waals surface area contributed by atoms with E-state index in [-0.39, 0.29) is 5.91 Å². The van der Waals surface area contributed by atoms with E-state index in [0.29, 0.717) is 12.1 Å². The van der Waals surface area contributed by atoms with Gasteiger partial charge in [0.05, 0.1) is 18.0 Å². The zero-order chi connectivity index (χ0) is 14.7. The van der Waals surface area contributed by atoms with E-state index >= 15 is 0 Å². The fourth-order valence-corrected chi connectivity index (χ4v) is 2.23. The molecule has 3 aromatic rings. The van der Waals surface area contributed by atoms with Gasteiger partial charge in [0, 0.05) is 17.8 Å². The largest absolute Gasteiger partial charge is 0.288 e. The molecule has 0 aliphatic heterocycles. The molecule has 0 unspecified atom stereocenters. The van der Waals surface area contributed by atoms with E-state index in [9.17, 15) is 4.79 Å². The van der Waals surface area contributed by atoms with Crippen LogP contribution in [0.1, 0.15) is 16.1 Å². The van der Waals surface area contributed by atoms with Gasteiger partial charge in [-0.1, -0.05) is 24.3 Å². The summed E-state index contributed by atoms with van der Waals surface area (Å²) in [5.41, 5.74) is 4.87. The van der Waals surface area contributed by atoms with Crippen molar-refractivity contribution >= 4 is 16.8 Å². The first-order chi connectivity index (χ1) is 10.3. The lowest BCUT2D eigenvalue weighted by Crippen LogP contribution is -2.22. The normalized spacial score (nSPS) is 10.2. The molecule has 102 valence electrons. The Morgan fingerprint density at radius 3 is 2.81 bits per heavy atom. The monoisotopic (exact) mass is 276 g/mol. The van der Waals surface area contributed by atoms with E-state index in [4.69, 9.17) is 5.26 Å². The average Bonchev–Trinajstić information content (AvgIpc) is 2.87. The SMILES string of the molecule is N#CCc1cn(NC(=O)c2ccccn2)c2ccccc12. The van der Waals surface area contributed by atoms with Crippen LogP contribution in [-0.4, -0.2) is 15.6 Å². The number of rotatable bonds is 3. The Labute approximate surface area is 121 Å². The van der Waals surface area contributed by atoms with Crippen molar-refractivity contribution in [2.24, 2.45) is 0 Å². The predicted molar refractivity (Wildman–Crippen MR) is 79.2 cm³/mol. The molecule has 0 bridgehead atoms. The molecule has 0 aliphatic carbocycles. The van der Waals surface area contributed by atoms with E-state index in [1.165, 1.54) is 0 Å². The Morgan fingerprint density at radius 2 is 2.05 bits per heavy atom. The lowest BCUT2D eigenvalue weighted by molar-refractivity contribution is 0.100. The first-order valence-corrected chi connectivity index (χ1v) is 6.48. The van der Waals surface area contributed by atoms with Crippen molar-refractivity contribution in [1.29, 1.82) is 5.26 Å². The highest BCUT2D eigenvalue weighted by Gasteiger charge is 2.11. The first kappa shape index (κ1) is 12.9. The van der Waals surface area contributed by atoms with E-state index < -0.39 is 0 Å². The molecule has 0 fully saturated rings. The summed E-state index contributed by atoms with van der Waals surface area (Å²) in [6.07, 6.45) is 3.64. The van der Waals surface area contributed by atoms with Crippen LogP contribution in [0.25, 0.3) is 10.9 Å². The molecule has 2 heterocycles. The predicted octanol–water partition coefficient (Wildman–Crippen LogP) is 2.49. The summed E-state index contributed by atoms with van der Waals surface area (Å²) in [7, 11) is 0. The maximum absolute atomic E-state index is 12.2. The minimum absolute atomic E-state index is 0.292. The highest BCUT2D eigenvalue weighted by atomic mass is 16.2. The van der Waals surface area contributed by atoms with Crippen molar-refractivity contribution in [3.8, 4) is 6.07 Å². The van der Waals surface area contributed by atoms with Gasteiger partial charge in [0.15, 0.2) is 0 Å². The summed E-state index contributed by atoms with van der Waals surface area (Å²) >= 11 is 0. The number of carbonyl (C=O) groups is 1. The van der Waals surface area contributed by atoms with Gasteiger partial charge in [-0.3, -0.25) is 19.9 Å². The number of benzene rings is 1. The minimum Gasteiger partial charge on any atom is -0.266 e. The third kappa shape index (κ3) is 2.47. The Kier molecular flexibility index (Phi) is 3.36. The van der Waals surface area contributed by atoms with Gasteiger partial charge in [-0.25, -0.2) is 0 Å². The van der Waals surface area contributed by atoms with Crippen LogP contribution in [0.5, 0.6) is 0 Å². The number of pyridine rings is 1. The number of nitriles is 1. The van der Waals surface area contributed by atoms with E-state index in [2.05, 4.69) is 16.5 Å². The molecule has 5 heteroatoms. The average molecular weight is 276 g/mol. The second-order valence-corrected chi connectivity index (χ2v) is 4.53. The third-order valence-electron chi connectivity index (χ3n) is 3.18. The quantitative estimate of drug-likeness (QED) is 0.799. The van der Waals surface area contributed by atoms with Crippen LogP contribution in [0.4, 0.5) is 0 Å². The van der Waals surface area contributed by atoms with Crippen molar-refractivity contribution in [3.05, 3.63) is 66.1 Å².